The summed E-state index contributed by atoms with van der Waals surface area (Å²) in [7, 11) is -3.50. The van der Waals surface area contributed by atoms with Gasteiger partial charge in [0.15, 0.2) is 0 Å². The first kappa shape index (κ1) is 18.3. The molecule has 0 fully saturated rings. The first-order chi connectivity index (χ1) is 11.4. The van der Waals surface area contributed by atoms with Crippen molar-refractivity contribution in [2.24, 2.45) is 0 Å². The molecule has 3 rings (SSSR count). The molecule has 0 aromatic heterocycles. The third-order valence-corrected chi connectivity index (χ3v) is 7.39. The molecule has 0 bridgehead atoms. The van der Waals surface area contributed by atoms with Gasteiger partial charge in [0, 0.05) is 46.5 Å². The maximum absolute atomic E-state index is 13.0. The van der Waals surface area contributed by atoms with Crippen LogP contribution >= 0.6 is 38.8 Å². The van der Waals surface area contributed by atoms with Crippen LogP contribution in [0.15, 0.2) is 51.8 Å². The second-order valence-electron chi connectivity index (χ2n) is 5.95. The van der Waals surface area contributed by atoms with Crippen molar-refractivity contribution < 1.29 is 8.42 Å². The predicted octanol–water partition coefficient (Wildman–Crippen LogP) is 4.33. The van der Waals surface area contributed by atoms with Gasteiger partial charge in [0.2, 0.25) is 10.0 Å². The van der Waals surface area contributed by atoms with Gasteiger partial charge in [-0.3, -0.25) is 3.53 Å². The van der Waals surface area contributed by atoms with Crippen molar-refractivity contribution >= 4 is 48.8 Å². The minimum absolute atomic E-state index is 0.145. The molecular weight excluding hydrogens is 503 g/mol. The zero-order valence-electron chi connectivity index (χ0n) is 13.2. The van der Waals surface area contributed by atoms with E-state index in [0.717, 1.165) is 27.6 Å². The van der Waals surface area contributed by atoms with Crippen LogP contribution in [0.3, 0.4) is 0 Å². The Hall–Kier alpha value is -0.480. The Morgan fingerprint density at radius 2 is 1.92 bits per heavy atom. The van der Waals surface area contributed by atoms with Crippen molar-refractivity contribution in [1.29, 1.82) is 0 Å². The number of halogens is 2. The van der Waals surface area contributed by atoms with Crippen LogP contribution in [-0.4, -0.2) is 19.3 Å². The van der Waals surface area contributed by atoms with Gasteiger partial charge in [-0.05, 0) is 48.7 Å². The number of hydrogen-bond donors (Lipinski definition) is 1. The van der Waals surface area contributed by atoms with E-state index < -0.39 is 10.0 Å². The lowest BCUT2D eigenvalue weighted by Crippen LogP contribution is -2.31. The molecule has 1 aliphatic heterocycles. The molecule has 1 unspecified atom stereocenters. The number of sulfonamides is 1. The Morgan fingerprint density at radius 3 is 2.58 bits per heavy atom. The normalized spacial score (nSPS) is 18.9. The van der Waals surface area contributed by atoms with Crippen LogP contribution in [0.1, 0.15) is 29.2 Å². The summed E-state index contributed by atoms with van der Waals surface area (Å²) in [5, 5.41) is 0. The van der Waals surface area contributed by atoms with Crippen molar-refractivity contribution in [3.8, 4) is 0 Å². The van der Waals surface area contributed by atoms with E-state index >= 15 is 0 Å². The Kier molecular flexibility index (Phi) is 5.65. The Labute approximate surface area is 165 Å². The van der Waals surface area contributed by atoms with Gasteiger partial charge in [0.25, 0.3) is 0 Å². The molecule has 1 aliphatic rings. The van der Waals surface area contributed by atoms with Crippen LogP contribution in [0.5, 0.6) is 0 Å². The van der Waals surface area contributed by atoms with Crippen molar-refractivity contribution in [1.82, 2.24) is 7.84 Å². The van der Waals surface area contributed by atoms with Gasteiger partial charge in [-0.2, -0.15) is 4.31 Å². The van der Waals surface area contributed by atoms with Crippen LogP contribution < -0.4 is 3.53 Å². The first-order valence-electron chi connectivity index (χ1n) is 7.63. The lowest BCUT2D eigenvalue weighted by Gasteiger charge is -2.20. The fourth-order valence-corrected chi connectivity index (χ4v) is 5.42. The molecule has 1 atom stereocenters. The number of rotatable bonds is 3. The third-order valence-electron chi connectivity index (χ3n) is 4.28. The molecule has 128 valence electrons. The van der Waals surface area contributed by atoms with Crippen LogP contribution in [-0.2, 0) is 16.6 Å². The summed E-state index contributed by atoms with van der Waals surface area (Å²) in [6.07, 6.45) is 0.739. The summed E-state index contributed by atoms with van der Waals surface area (Å²) in [5.74, 6) is 0. The fourth-order valence-electron chi connectivity index (χ4n) is 2.93. The minimum atomic E-state index is -3.50. The van der Waals surface area contributed by atoms with Crippen molar-refractivity contribution in [2.45, 2.75) is 30.8 Å². The van der Waals surface area contributed by atoms with Gasteiger partial charge in [-0.25, -0.2) is 8.42 Å². The summed E-state index contributed by atoms with van der Waals surface area (Å²) in [4.78, 5) is 0.352. The Balaban J connectivity index is 1.99. The maximum Gasteiger partial charge on any atom is 0.243 e. The molecule has 1 heterocycles. The molecular formula is C17H18BrIN2O2S. The SMILES string of the molecule is Cc1ccc(S(=O)(=O)N2CCC(NI)c3ccc(Br)cc3C2)cc1. The average Bonchev–Trinajstić information content (AvgIpc) is 2.74. The summed E-state index contributed by atoms with van der Waals surface area (Å²) in [6, 6.07) is 13.3. The highest BCUT2D eigenvalue weighted by Crippen LogP contribution is 2.32. The Bertz CT molecular complexity index is 840. The molecule has 0 spiro atoms. The molecule has 2 aromatic rings. The summed E-state index contributed by atoms with van der Waals surface area (Å²) >= 11 is 5.63. The molecule has 0 saturated carbocycles. The van der Waals surface area contributed by atoms with Crippen molar-refractivity contribution in [3.63, 3.8) is 0 Å². The minimum Gasteiger partial charge on any atom is -0.254 e. The van der Waals surface area contributed by atoms with Gasteiger partial charge in [-0.1, -0.05) is 39.7 Å². The molecule has 4 nitrogen and oxygen atoms in total. The largest absolute Gasteiger partial charge is 0.254 e. The smallest absolute Gasteiger partial charge is 0.243 e. The molecule has 2 aromatic carbocycles. The van der Waals surface area contributed by atoms with E-state index in [1.165, 1.54) is 0 Å². The molecule has 24 heavy (non-hydrogen) atoms. The topological polar surface area (TPSA) is 49.4 Å². The second-order valence-corrected chi connectivity index (χ2v) is 9.42. The average molecular weight is 521 g/mol. The van der Waals surface area contributed by atoms with Crippen LogP contribution in [0.4, 0.5) is 0 Å². The van der Waals surface area contributed by atoms with Gasteiger partial charge < -0.3 is 0 Å². The number of nitrogens with zero attached hydrogens (tertiary/aromatic N) is 1. The zero-order chi connectivity index (χ0) is 17.3. The van der Waals surface area contributed by atoms with E-state index in [4.69, 9.17) is 0 Å². The van der Waals surface area contributed by atoms with E-state index in [1.807, 2.05) is 31.2 Å². The molecule has 0 aliphatic carbocycles. The Morgan fingerprint density at radius 1 is 1.21 bits per heavy atom. The molecule has 0 radical (unpaired) electrons. The number of nitrogens with one attached hydrogen (secondary N) is 1. The van der Waals surface area contributed by atoms with Gasteiger partial charge in [0.05, 0.1) is 4.90 Å². The van der Waals surface area contributed by atoms with E-state index in [1.54, 1.807) is 16.4 Å². The van der Waals surface area contributed by atoms with Crippen LogP contribution in [0.25, 0.3) is 0 Å². The molecule has 0 amide bonds. The van der Waals surface area contributed by atoms with E-state index in [-0.39, 0.29) is 6.04 Å². The van der Waals surface area contributed by atoms with Crippen molar-refractivity contribution in [3.05, 3.63) is 63.6 Å². The standard InChI is InChI=1S/C17H18BrIN2O2S/c1-12-2-5-15(6-3-12)24(22,23)21-9-8-17(20-19)16-7-4-14(18)10-13(16)11-21/h2-7,10,17,20H,8-9,11H2,1H3. The number of benzene rings is 2. The number of fused-ring (bicyclic) bond motifs is 1. The first-order valence-corrected chi connectivity index (χ1v) is 10.9. The lowest BCUT2D eigenvalue weighted by atomic mass is 10.0. The molecule has 7 heteroatoms. The quantitative estimate of drug-likeness (QED) is 0.484. The second kappa shape index (κ2) is 7.41. The van der Waals surface area contributed by atoms with Gasteiger partial charge in [-0.15, -0.1) is 0 Å². The summed E-state index contributed by atoms with van der Waals surface area (Å²) < 4.78 is 31.9. The fraction of sp³-hybridized carbons (Fsp3) is 0.294. The molecule has 0 saturated heterocycles. The van der Waals surface area contributed by atoms with Crippen LogP contribution in [0, 0.1) is 6.92 Å². The predicted molar refractivity (Wildman–Crippen MR) is 107 cm³/mol. The third kappa shape index (κ3) is 3.70. The van der Waals surface area contributed by atoms with Crippen molar-refractivity contribution in [2.75, 3.05) is 6.54 Å². The lowest BCUT2D eigenvalue weighted by molar-refractivity contribution is 0.399. The van der Waals surface area contributed by atoms with E-state index in [9.17, 15) is 8.42 Å². The van der Waals surface area contributed by atoms with E-state index in [2.05, 4.69) is 48.4 Å². The highest BCUT2D eigenvalue weighted by molar-refractivity contribution is 14.1. The summed E-state index contributed by atoms with van der Waals surface area (Å²) in [5.41, 5.74) is 3.24. The van der Waals surface area contributed by atoms with Gasteiger partial charge >= 0.3 is 0 Å². The number of aryl methyl sites for hydroxylation is 1. The summed E-state index contributed by atoms with van der Waals surface area (Å²) in [6.45, 7) is 2.83. The monoisotopic (exact) mass is 520 g/mol. The number of hydrogen-bond acceptors (Lipinski definition) is 3. The zero-order valence-corrected chi connectivity index (χ0v) is 17.7. The molecule has 1 N–H and O–H groups in total. The van der Waals surface area contributed by atoms with Crippen LogP contribution in [0.2, 0.25) is 0 Å². The van der Waals surface area contributed by atoms with E-state index in [0.29, 0.717) is 18.0 Å². The maximum atomic E-state index is 13.0. The highest BCUT2D eigenvalue weighted by atomic mass is 127. The highest BCUT2D eigenvalue weighted by Gasteiger charge is 2.30. The van der Waals surface area contributed by atoms with Gasteiger partial charge in [0.1, 0.15) is 0 Å².